The van der Waals surface area contributed by atoms with Crippen molar-refractivity contribution in [3.8, 4) is 0 Å². The van der Waals surface area contributed by atoms with Gasteiger partial charge < -0.3 is 16.4 Å². The van der Waals surface area contributed by atoms with Crippen LogP contribution in [0.1, 0.15) is 36.2 Å². The minimum Gasteiger partial charge on any atom is -0.397 e. The third kappa shape index (κ3) is 5.02. The molecule has 0 radical (unpaired) electrons. The van der Waals surface area contributed by atoms with E-state index in [1.54, 1.807) is 12.1 Å². The second-order valence-electron chi connectivity index (χ2n) is 5.73. The predicted molar refractivity (Wildman–Crippen MR) is 96.7 cm³/mol. The van der Waals surface area contributed by atoms with Crippen LogP contribution in [0.4, 0.5) is 11.4 Å². The van der Waals surface area contributed by atoms with Crippen molar-refractivity contribution in [1.29, 1.82) is 0 Å². The van der Waals surface area contributed by atoms with Gasteiger partial charge in [-0.2, -0.15) is 0 Å². The van der Waals surface area contributed by atoms with Gasteiger partial charge in [-0.15, -0.1) is 0 Å². The molecule has 122 valence electrons. The first-order chi connectivity index (χ1) is 11.1. The fraction of sp³-hybridized carbons (Fsp3) is 0.316. The molecule has 1 atom stereocenters. The summed E-state index contributed by atoms with van der Waals surface area (Å²) in [5.74, 6) is -0.0946. The molecule has 0 unspecified atom stereocenters. The molecule has 0 aromatic heterocycles. The van der Waals surface area contributed by atoms with Crippen LogP contribution in [0.25, 0.3) is 0 Å². The van der Waals surface area contributed by atoms with Gasteiger partial charge in [0, 0.05) is 18.2 Å². The highest BCUT2D eigenvalue weighted by Gasteiger charge is 2.09. The van der Waals surface area contributed by atoms with E-state index in [1.807, 2.05) is 19.1 Å². The van der Waals surface area contributed by atoms with Gasteiger partial charge in [-0.25, -0.2) is 0 Å². The van der Waals surface area contributed by atoms with Crippen molar-refractivity contribution in [2.45, 2.75) is 32.7 Å². The molecule has 4 N–H and O–H groups in total. The summed E-state index contributed by atoms with van der Waals surface area (Å²) in [7, 11) is 0. The van der Waals surface area contributed by atoms with E-state index in [4.69, 9.17) is 5.73 Å². The number of hydrogen-bond donors (Lipinski definition) is 3. The molecule has 0 aliphatic rings. The molecule has 0 bridgehead atoms. The van der Waals surface area contributed by atoms with Gasteiger partial charge in [0.2, 0.25) is 0 Å². The highest BCUT2D eigenvalue weighted by Crippen LogP contribution is 2.21. The van der Waals surface area contributed by atoms with E-state index in [-0.39, 0.29) is 5.91 Å². The molecular formula is C19H25N3O. The third-order valence-corrected chi connectivity index (χ3v) is 3.76. The summed E-state index contributed by atoms with van der Waals surface area (Å²) in [6.07, 6.45) is 2.04. The maximum Gasteiger partial charge on any atom is 0.251 e. The Hall–Kier alpha value is -2.49. The minimum absolute atomic E-state index is 0.0946. The molecular weight excluding hydrogens is 286 g/mol. The average Bonchev–Trinajstić information content (AvgIpc) is 2.56. The van der Waals surface area contributed by atoms with Crippen LogP contribution in [-0.4, -0.2) is 18.5 Å². The van der Waals surface area contributed by atoms with Gasteiger partial charge in [-0.05, 0) is 50.5 Å². The summed E-state index contributed by atoms with van der Waals surface area (Å²) in [5, 5.41) is 6.19. The Kier molecular flexibility index (Phi) is 6.03. The zero-order valence-corrected chi connectivity index (χ0v) is 13.8. The lowest BCUT2D eigenvalue weighted by Crippen LogP contribution is -2.23. The van der Waals surface area contributed by atoms with Crippen LogP contribution >= 0.6 is 0 Å². The minimum atomic E-state index is -0.0946. The monoisotopic (exact) mass is 311 g/mol. The number of anilines is 2. The molecule has 0 saturated heterocycles. The number of nitrogens with two attached hydrogens (primary N) is 1. The number of amides is 1. The van der Waals surface area contributed by atoms with E-state index < -0.39 is 0 Å². The molecule has 4 heteroatoms. The first-order valence-electron chi connectivity index (χ1n) is 8.08. The van der Waals surface area contributed by atoms with E-state index in [0.29, 0.717) is 23.8 Å². The number of hydrogen-bond acceptors (Lipinski definition) is 3. The van der Waals surface area contributed by atoms with E-state index in [2.05, 4.69) is 41.8 Å². The van der Waals surface area contributed by atoms with Gasteiger partial charge in [0.1, 0.15) is 0 Å². The maximum atomic E-state index is 11.8. The molecule has 0 aliphatic carbocycles. The Morgan fingerprint density at radius 2 is 1.91 bits per heavy atom. The standard InChI is InChI=1S/C19H25N3O/c1-3-21-19(23)16-11-12-18(17(20)13-16)22-14(2)9-10-15-7-5-4-6-8-15/h4-8,11-14,22H,3,9-10,20H2,1-2H3,(H,21,23)/t14-/m1/s1. The summed E-state index contributed by atoms with van der Waals surface area (Å²) < 4.78 is 0. The van der Waals surface area contributed by atoms with Gasteiger partial charge >= 0.3 is 0 Å². The molecule has 4 nitrogen and oxygen atoms in total. The fourth-order valence-corrected chi connectivity index (χ4v) is 2.46. The SMILES string of the molecule is CCNC(=O)c1ccc(N[C@H](C)CCc2ccccc2)c(N)c1. The summed E-state index contributed by atoms with van der Waals surface area (Å²) in [4.78, 5) is 11.8. The van der Waals surface area contributed by atoms with Crippen molar-refractivity contribution in [1.82, 2.24) is 5.32 Å². The molecule has 23 heavy (non-hydrogen) atoms. The van der Waals surface area contributed by atoms with E-state index in [0.717, 1.165) is 18.5 Å². The van der Waals surface area contributed by atoms with Crippen LogP contribution in [0.2, 0.25) is 0 Å². The average molecular weight is 311 g/mol. The van der Waals surface area contributed by atoms with Crippen LogP contribution in [0, 0.1) is 0 Å². The molecule has 1 amide bonds. The van der Waals surface area contributed by atoms with Crippen molar-refractivity contribution >= 4 is 17.3 Å². The maximum absolute atomic E-state index is 11.8. The number of nitrogens with one attached hydrogen (secondary N) is 2. The van der Waals surface area contributed by atoms with Gasteiger partial charge in [-0.1, -0.05) is 30.3 Å². The van der Waals surface area contributed by atoms with Gasteiger partial charge in [0.15, 0.2) is 0 Å². The van der Waals surface area contributed by atoms with Gasteiger partial charge in [0.25, 0.3) is 5.91 Å². The largest absolute Gasteiger partial charge is 0.397 e. The number of carbonyl (C=O) groups excluding carboxylic acids is 1. The smallest absolute Gasteiger partial charge is 0.251 e. The predicted octanol–water partition coefficient (Wildman–Crippen LogP) is 3.45. The zero-order valence-electron chi connectivity index (χ0n) is 13.8. The molecule has 0 aliphatic heterocycles. The van der Waals surface area contributed by atoms with Crippen LogP contribution in [0.3, 0.4) is 0 Å². The topological polar surface area (TPSA) is 67.2 Å². The lowest BCUT2D eigenvalue weighted by atomic mass is 10.1. The molecule has 0 saturated carbocycles. The van der Waals surface area contributed by atoms with Crippen LogP contribution in [0.15, 0.2) is 48.5 Å². The number of rotatable bonds is 7. The Morgan fingerprint density at radius 3 is 2.57 bits per heavy atom. The van der Waals surface area contributed by atoms with Crippen molar-refractivity contribution in [3.05, 3.63) is 59.7 Å². The Bertz CT molecular complexity index is 640. The second kappa shape index (κ2) is 8.22. The molecule has 2 aromatic carbocycles. The lowest BCUT2D eigenvalue weighted by Gasteiger charge is -2.17. The lowest BCUT2D eigenvalue weighted by molar-refractivity contribution is 0.0956. The Balaban J connectivity index is 1.93. The van der Waals surface area contributed by atoms with Crippen LogP contribution < -0.4 is 16.4 Å². The Labute approximate surface area is 138 Å². The third-order valence-electron chi connectivity index (χ3n) is 3.76. The summed E-state index contributed by atoms with van der Waals surface area (Å²) in [6, 6.07) is 16.1. The summed E-state index contributed by atoms with van der Waals surface area (Å²) >= 11 is 0. The number of carbonyl (C=O) groups is 1. The summed E-state index contributed by atoms with van der Waals surface area (Å²) in [5.41, 5.74) is 9.46. The van der Waals surface area contributed by atoms with E-state index >= 15 is 0 Å². The summed E-state index contributed by atoms with van der Waals surface area (Å²) in [6.45, 7) is 4.64. The van der Waals surface area contributed by atoms with Crippen molar-refractivity contribution in [2.75, 3.05) is 17.6 Å². The van der Waals surface area contributed by atoms with Crippen LogP contribution in [0.5, 0.6) is 0 Å². The number of nitrogen functional groups attached to an aromatic ring is 1. The Morgan fingerprint density at radius 1 is 1.17 bits per heavy atom. The van der Waals surface area contributed by atoms with Crippen molar-refractivity contribution in [2.24, 2.45) is 0 Å². The first-order valence-corrected chi connectivity index (χ1v) is 8.08. The van der Waals surface area contributed by atoms with E-state index in [9.17, 15) is 4.79 Å². The van der Waals surface area contributed by atoms with Gasteiger partial charge in [-0.3, -0.25) is 4.79 Å². The zero-order chi connectivity index (χ0) is 16.7. The first kappa shape index (κ1) is 16.9. The quantitative estimate of drug-likeness (QED) is 0.686. The molecule has 0 fully saturated rings. The van der Waals surface area contributed by atoms with Gasteiger partial charge in [0.05, 0.1) is 11.4 Å². The van der Waals surface area contributed by atoms with Crippen molar-refractivity contribution in [3.63, 3.8) is 0 Å². The highest BCUT2D eigenvalue weighted by atomic mass is 16.1. The second-order valence-corrected chi connectivity index (χ2v) is 5.73. The molecule has 0 heterocycles. The van der Waals surface area contributed by atoms with Crippen LogP contribution in [-0.2, 0) is 6.42 Å². The number of aryl methyl sites for hydroxylation is 1. The normalized spacial score (nSPS) is 11.7. The molecule has 0 spiro atoms. The van der Waals surface area contributed by atoms with E-state index in [1.165, 1.54) is 5.56 Å². The highest BCUT2D eigenvalue weighted by molar-refractivity contribution is 5.96. The van der Waals surface area contributed by atoms with Crippen molar-refractivity contribution < 1.29 is 4.79 Å². The molecule has 2 rings (SSSR count). The number of benzene rings is 2. The molecule has 2 aromatic rings. The fourth-order valence-electron chi connectivity index (χ4n) is 2.46.